The van der Waals surface area contributed by atoms with Crippen LogP contribution in [0.4, 0.5) is 0 Å². The van der Waals surface area contributed by atoms with Gasteiger partial charge in [-0.05, 0) is 134 Å². The van der Waals surface area contributed by atoms with Gasteiger partial charge in [0.25, 0.3) is 0 Å². The van der Waals surface area contributed by atoms with Crippen LogP contribution in [-0.2, 0) is 13.6 Å². The van der Waals surface area contributed by atoms with E-state index in [1.165, 1.54) is 51.4 Å². The number of Topliss-reactive ketones (excluding diaryl/α,β-unsaturated/α-hetero) is 1. The van der Waals surface area contributed by atoms with Gasteiger partial charge in [-0.25, -0.2) is 0 Å². The smallest absolute Gasteiger partial charge is 0.192 e. The molecule has 256 valence electrons. The van der Waals surface area contributed by atoms with Gasteiger partial charge < -0.3 is 8.85 Å². The Labute approximate surface area is 276 Å². The maximum absolute atomic E-state index is 14.0. The number of hydrogen-bond acceptors (Lipinski definition) is 3. The predicted octanol–water partition coefficient (Wildman–Crippen LogP) is 11.7. The maximum atomic E-state index is 14.0. The summed E-state index contributed by atoms with van der Waals surface area (Å²) in [6.45, 7) is 34.6. The van der Waals surface area contributed by atoms with Gasteiger partial charge in [-0.15, -0.1) is 0 Å². The summed E-state index contributed by atoms with van der Waals surface area (Å²) in [6, 6.07) is 0. The summed E-state index contributed by atoms with van der Waals surface area (Å²) in [5.74, 6) is 5.14. The molecule has 0 saturated heterocycles. The van der Waals surface area contributed by atoms with Crippen molar-refractivity contribution in [3.63, 3.8) is 0 Å². The molecule has 0 aromatic carbocycles. The molecule has 0 radical (unpaired) electrons. The van der Waals surface area contributed by atoms with E-state index >= 15 is 0 Å². The van der Waals surface area contributed by atoms with Crippen molar-refractivity contribution in [1.82, 2.24) is 0 Å². The van der Waals surface area contributed by atoms with Gasteiger partial charge in [0.1, 0.15) is 5.78 Å². The van der Waals surface area contributed by atoms with Gasteiger partial charge in [-0.2, -0.15) is 0 Å². The summed E-state index contributed by atoms with van der Waals surface area (Å²) < 4.78 is 13.5. The number of hydrogen-bond donors (Lipinski definition) is 0. The van der Waals surface area contributed by atoms with Gasteiger partial charge in [0, 0.05) is 25.0 Å². The summed E-state index contributed by atoms with van der Waals surface area (Å²) in [7, 11) is -3.49. The van der Waals surface area contributed by atoms with E-state index in [0.717, 1.165) is 49.5 Å². The highest BCUT2D eigenvalue weighted by Crippen LogP contribution is 2.68. The zero-order chi connectivity index (χ0) is 33.1. The lowest BCUT2D eigenvalue weighted by molar-refractivity contribution is -0.159. The van der Waals surface area contributed by atoms with Crippen LogP contribution in [0.3, 0.4) is 0 Å². The minimum absolute atomic E-state index is 0.181. The molecule has 0 aromatic rings. The molecular formula is C39H74O3Si2. The minimum Gasteiger partial charge on any atom is -0.417 e. The summed E-state index contributed by atoms with van der Waals surface area (Å²) in [5.41, 5.74) is 0.602. The lowest BCUT2D eigenvalue weighted by Gasteiger charge is -2.61. The molecule has 4 saturated carbocycles. The van der Waals surface area contributed by atoms with Crippen LogP contribution >= 0.6 is 0 Å². The number of rotatable bonds is 10. The van der Waals surface area contributed by atoms with E-state index in [9.17, 15) is 4.79 Å². The first-order chi connectivity index (χ1) is 20.0. The van der Waals surface area contributed by atoms with Crippen LogP contribution < -0.4 is 0 Å². The standard InChI is InChI=1S/C39H74O3Si2/c1-27(26-41-43(11,12)36(3,4)5)16-15-17-28(2)31-18-19-32-30-25-35(40)34-24-29(42-44(13,14)37(6,7)8)20-22-39(34,10)33(30)21-23-38(31,32)9/h27-34H,15-26H2,1-14H3/t27-,28-,29+,30+,31-,32+,33+,34-,38-,39-/m1/s1. The van der Waals surface area contributed by atoms with Gasteiger partial charge >= 0.3 is 0 Å². The summed E-state index contributed by atoms with van der Waals surface area (Å²) in [5, 5.41) is 0.505. The molecule has 0 spiro atoms. The molecule has 0 unspecified atom stereocenters. The predicted molar refractivity (Wildman–Crippen MR) is 193 cm³/mol. The average Bonchev–Trinajstić information content (AvgIpc) is 3.24. The first kappa shape index (κ1) is 36.9. The van der Waals surface area contributed by atoms with Crippen LogP contribution in [0.5, 0.6) is 0 Å². The molecule has 4 rings (SSSR count). The molecule has 5 heteroatoms. The van der Waals surface area contributed by atoms with E-state index in [2.05, 4.69) is 95.4 Å². The number of fused-ring (bicyclic) bond motifs is 5. The van der Waals surface area contributed by atoms with Crippen molar-refractivity contribution in [2.75, 3.05) is 6.61 Å². The van der Waals surface area contributed by atoms with Crippen LogP contribution in [-0.4, -0.2) is 35.1 Å². The molecule has 10 atom stereocenters. The van der Waals surface area contributed by atoms with E-state index < -0.39 is 16.6 Å². The molecular weight excluding hydrogens is 573 g/mol. The third-order valence-electron chi connectivity index (χ3n) is 15.3. The first-order valence-corrected chi connectivity index (χ1v) is 24.7. The Morgan fingerprint density at radius 1 is 0.818 bits per heavy atom. The van der Waals surface area contributed by atoms with Crippen molar-refractivity contribution in [2.24, 2.45) is 52.3 Å². The molecule has 4 fully saturated rings. The third-order valence-corrected chi connectivity index (χ3v) is 24.4. The second-order valence-corrected chi connectivity index (χ2v) is 29.8. The average molecular weight is 647 g/mol. The molecule has 0 heterocycles. The largest absolute Gasteiger partial charge is 0.417 e. The van der Waals surface area contributed by atoms with Gasteiger partial charge in [0.05, 0.1) is 0 Å². The van der Waals surface area contributed by atoms with Crippen LogP contribution in [0, 0.1) is 52.3 Å². The second-order valence-electron chi connectivity index (χ2n) is 20.2. The van der Waals surface area contributed by atoms with Gasteiger partial charge in [-0.1, -0.05) is 82.1 Å². The molecule has 0 bridgehead atoms. The Balaban J connectivity index is 1.34. The lowest BCUT2D eigenvalue weighted by Crippen LogP contribution is -2.58. The fraction of sp³-hybridized carbons (Fsp3) is 0.974. The topological polar surface area (TPSA) is 35.5 Å². The first-order valence-electron chi connectivity index (χ1n) is 18.9. The fourth-order valence-electron chi connectivity index (χ4n) is 10.3. The van der Waals surface area contributed by atoms with Crippen molar-refractivity contribution < 1.29 is 13.6 Å². The number of ketones is 1. The highest BCUT2D eigenvalue weighted by Gasteiger charge is 2.62. The van der Waals surface area contributed by atoms with E-state index in [4.69, 9.17) is 8.85 Å². The van der Waals surface area contributed by atoms with Gasteiger partial charge in [-0.3, -0.25) is 4.79 Å². The van der Waals surface area contributed by atoms with Crippen LogP contribution in [0.2, 0.25) is 36.3 Å². The molecule has 4 aliphatic carbocycles. The second kappa shape index (κ2) is 12.8. The zero-order valence-corrected chi connectivity index (χ0v) is 33.8. The van der Waals surface area contributed by atoms with Crippen LogP contribution in [0.15, 0.2) is 0 Å². The Morgan fingerprint density at radius 3 is 2.02 bits per heavy atom. The number of carbonyl (C=O) groups excluding carboxylic acids is 1. The van der Waals surface area contributed by atoms with Crippen molar-refractivity contribution in [3.8, 4) is 0 Å². The highest BCUT2D eigenvalue weighted by molar-refractivity contribution is 6.74. The summed E-state index contributed by atoms with van der Waals surface area (Å²) >= 11 is 0. The molecule has 0 aliphatic heterocycles. The molecule has 0 amide bonds. The van der Waals surface area contributed by atoms with Crippen LogP contribution in [0.25, 0.3) is 0 Å². The summed E-state index contributed by atoms with van der Waals surface area (Å²) in [6.07, 6.45) is 13.9. The molecule has 0 N–H and O–H groups in total. The fourth-order valence-corrected chi connectivity index (χ4v) is 12.9. The Kier molecular flexibility index (Phi) is 10.7. The quantitative estimate of drug-likeness (QED) is 0.222. The van der Waals surface area contributed by atoms with Crippen molar-refractivity contribution >= 4 is 22.4 Å². The normalized spacial score (nSPS) is 38.1. The van der Waals surface area contributed by atoms with Gasteiger partial charge in [0.15, 0.2) is 16.6 Å². The lowest BCUT2D eigenvalue weighted by atomic mass is 9.44. The van der Waals surface area contributed by atoms with Crippen molar-refractivity contribution in [2.45, 2.75) is 182 Å². The Bertz CT molecular complexity index is 1010. The molecule has 3 nitrogen and oxygen atoms in total. The Hall–Kier alpha value is 0.0238. The maximum Gasteiger partial charge on any atom is 0.192 e. The molecule has 4 aliphatic rings. The summed E-state index contributed by atoms with van der Waals surface area (Å²) in [4.78, 5) is 14.0. The Morgan fingerprint density at radius 2 is 1.41 bits per heavy atom. The van der Waals surface area contributed by atoms with E-state index in [0.29, 0.717) is 23.0 Å². The minimum atomic E-state index is -1.83. The molecule has 44 heavy (non-hydrogen) atoms. The number of carbonyl (C=O) groups is 1. The third kappa shape index (κ3) is 7.07. The van der Waals surface area contributed by atoms with E-state index in [1.807, 2.05) is 0 Å². The van der Waals surface area contributed by atoms with Crippen LogP contribution in [0.1, 0.15) is 140 Å². The highest BCUT2D eigenvalue weighted by atomic mass is 28.4. The van der Waals surface area contributed by atoms with Crippen molar-refractivity contribution in [1.29, 1.82) is 0 Å². The van der Waals surface area contributed by atoms with E-state index in [1.54, 1.807) is 0 Å². The molecule has 0 aromatic heterocycles. The zero-order valence-electron chi connectivity index (χ0n) is 31.8. The van der Waals surface area contributed by atoms with E-state index in [-0.39, 0.29) is 27.5 Å². The monoisotopic (exact) mass is 647 g/mol. The SMILES string of the molecule is C[C@H](CCC[C@@H](C)[C@H]1CC[C@H]2[C@@H]3CC(=O)[C@H]4C[C@@H](O[Si](C)(C)C(C)(C)C)CC[C@]4(C)[C@H]3CC[C@]12C)CO[Si](C)(C)C(C)(C)C. The van der Waals surface area contributed by atoms with Crippen molar-refractivity contribution in [3.05, 3.63) is 0 Å². The van der Waals surface area contributed by atoms with Gasteiger partial charge in [0.2, 0.25) is 0 Å².